The van der Waals surface area contributed by atoms with Gasteiger partial charge in [0.2, 0.25) is 5.91 Å². The minimum Gasteiger partial charge on any atom is -0.300 e. The van der Waals surface area contributed by atoms with E-state index in [0.717, 1.165) is 15.3 Å². The standard InChI is InChI=1S/C18H14N4O3S2/c1-10-6-7-14(27-10)13-9-26-18(19-13)20-15(23)8-22-17(25)12-5-3-2-4-11(12)16(24)21-22/h2-7,9H,8H2,1H3,(H,21,24)(H,19,20,23). The number of carbonyl (C=O) groups is 1. The zero-order valence-electron chi connectivity index (χ0n) is 14.2. The Labute approximate surface area is 160 Å². The Hall–Kier alpha value is -3.04. The molecule has 27 heavy (non-hydrogen) atoms. The minimum atomic E-state index is -0.439. The van der Waals surface area contributed by atoms with Crippen molar-refractivity contribution in [2.45, 2.75) is 13.5 Å². The highest BCUT2D eigenvalue weighted by atomic mass is 32.1. The van der Waals surface area contributed by atoms with Gasteiger partial charge in [-0.05, 0) is 31.2 Å². The number of aromatic nitrogens is 3. The topological polar surface area (TPSA) is 96.9 Å². The number of amides is 1. The van der Waals surface area contributed by atoms with Gasteiger partial charge in [0.05, 0.1) is 21.3 Å². The smallest absolute Gasteiger partial charge is 0.273 e. The Kier molecular flexibility index (Phi) is 4.46. The zero-order chi connectivity index (χ0) is 19.0. The molecule has 4 rings (SSSR count). The first kappa shape index (κ1) is 17.4. The number of aryl methyl sites for hydroxylation is 1. The van der Waals surface area contributed by atoms with Gasteiger partial charge >= 0.3 is 0 Å². The van der Waals surface area contributed by atoms with Gasteiger partial charge in [0.25, 0.3) is 11.1 Å². The largest absolute Gasteiger partial charge is 0.300 e. The van der Waals surface area contributed by atoms with Gasteiger partial charge in [-0.1, -0.05) is 12.1 Å². The summed E-state index contributed by atoms with van der Waals surface area (Å²) in [7, 11) is 0. The van der Waals surface area contributed by atoms with Crippen LogP contribution in [0, 0.1) is 6.92 Å². The fraction of sp³-hybridized carbons (Fsp3) is 0.111. The van der Waals surface area contributed by atoms with Gasteiger partial charge in [0.15, 0.2) is 5.13 Å². The predicted octanol–water partition coefficient (Wildman–Crippen LogP) is 2.82. The number of fused-ring (bicyclic) bond motifs is 1. The maximum Gasteiger partial charge on any atom is 0.273 e. The van der Waals surface area contributed by atoms with Crippen LogP contribution in [0.2, 0.25) is 0 Å². The molecule has 1 aromatic carbocycles. The van der Waals surface area contributed by atoms with Crippen LogP contribution in [0.15, 0.2) is 51.4 Å². The first-order valence-electron chi connectivity index (χ1n) is 8.05. The molecule has 4 aromatic rings. The van der Waals surface area contributed by atoms with Gasteiger partial charge in [-0.2, -0.15) is 0 Å². The molecule has 2 N–H and O–H groups in total. The summed E-state index contributed by atoms with van der Waals surface area (Å²) < 4.78 is 1.01. The number of rotatable bonds is 4. The molecule has 1 amide bonds. The normalized spacial score (nSPS) is 11.0. The number of thiophene rings is 1. The third kappa shape index (κ3) is 3.46. The Morgan fingerprint density at radius 2 is 1.96 bits per heavy atom. The van der Waals surface area contributed by atoms with Crippen molar-refractivity contribution < 1.29 is 4.79 Å². The number of hydrogen-bond donors (Lipinski definition) is 2. The fourth-order valence-electron chi connectivity index (χ4n) is 2.68. The third-order valence-electron chi connectivity index (χ3n) is 3.93. The van der Waals surface area contributed by atoms with Crippen LogP contribution in [0.1, 0.15) is 4.88 Å². The van der Waals surface area contributed by atoms with Gasteiger partial charge in [-0.3, -0.25) is 19.5 Å². The monoisotopic (exact) mass is 398 g/mol. The molecule has 7 nitrogen and oxygen atoms in total. The lowest BCUT2D eigenvalue weighted by molar-refractivity contribution is -0.117. The van der Waals surface area contributed by atoms with E-state index < -0.39 is 17.0 Å². The summed E-state index contributed by atoms with van der Waals surface area (Å²) >= 11 is 2.93. The Balaban J connectivity index is 1.54. The highest BCUT2D eigenvalue weighted by Crippen LogP contribution is 2.30. The second-order valence-corrected chi connectivity index (χ2v) is 8.02. The van der Waals surface area contributed by atoms with Crippen LogP contribution >= 0.6 is 22.7 Å². The number of nitrogens with one attached hydrogen (secondary N) is 2. The summed E-state index contributed by atoms with van der Waals surface area (Å²) in [6.07, 6.45) is 0. The lowest BCUT2D eigenvalue weighted by Crippen LogP contribution is -2.34. The van der Waals surface area contributed by atoms with Crippen molar-refractivity contribution in [2.24, 2.45) is 0 Å². The van der Waals surface area contributed by atoms with Gasteiger partial charge in [-0.25, -0.2) is 9.67 Å². The summed E-state index contributed by atoms with van der Waals surface area (Å²) in [5, 5.41) is 8.00. The number of thiazole rings is 1. The Morgan fingerprint density at radius 3 is 2.70 bits per heavy atom. The van der Waals surface area contributed by atoms with E-state index in [1.807, 2.05) is 24.4 Å². The van der Waals surface area contributed by atoms with Crippen LogP contribution in [0.25, 0.3) is 21.3 Å². The summed E-state index contributed by atoms with van der Waals surface area (Å²) in [6.45, 7) is 1.72. The molecule has 0 bridgehead atoms. The molecule has 0 atom stereocenters. The quantitative estimate of drug-likeness (QED) is 0.552. The molecule has 0 unspecified atom stereocenters. The van der Waals surface area contributed by atoms with Crippen LogP contribution in [-0.2, 0) is 11.3 Å². The van der Waals surface area contributed by atoms with E-state index in [1.54, 1.807) is 35.6 Å². The summed E-state index contributed by atoms with van der Waals surface area (Å²) in [4.78, 5) is 43.5. The molecular formula is C18H14N4O3S2. The summed E-state index contributed by atoms with van der Waals surface area (Å²) in [5.74, 6) is -0.439. The van der Waals surface area contributed by atoms with Gasteiger partial charge in [0, 0.05) is 10.3 Å². The average molecular weight is 398 g/mol. The highest BCUT2D eigenvalue weighted by molar-refractivity contribution is 7.17. The molecule has 3 aromatic heterocycles. The first-order chi connectivity index (χ1) is 13.0. The molecule has 0 radical (unpaired) electrons. The molecule has 0 aliphatic heterocycles. The number of carbonyl (C=O) groups excluding carboxylic acids is 1. The van der Waals surface area contributed by atoms with Gasteiger partial charge in [-0.15, -0.1) is 22.7 Å². The highest BCUT2D eigenvalue weighted by Gasteiger charge is 2.12. The van der Waals surface area contributed by atoms with E-state index in [2.05, 4.69) is 15.4 Å². The molecule has 3 heterocycles. The lowest BCUT2D eigenvalue weighted by atomic mass is 10.2. The molecular weight excluding hydrogens is 384 g/mol. The first-order valence-corrected chi connectivity index (χ1v) is 9.75. The molecule has 136 valence electrons. The molecule has 0 aliphatic rings. The van der Waals surface area contributed by atoms with E-state index in [-0.39, 0.29) is 11.9 Å². The average Bonchev–Trinajstić information content (AvgIpc) is 3.28. The molecule has 0 aliphatic carbocycles. The number of anilines is 1. The van der Waals surface area contributed by atoms with Crippen molar-refractivity contribution in [1.82, 2.24) is 14.8 Å². The fourth-order valence-corrected chi connectivity index (χ4v) is 4.31. The predicted molar refractivity (Wildman–Crippen MR) is 108 cm³/mol. The second-order valence-electron chi connectivity index (χ2n) is 5.87. The molecule has 9 heteroatoms. The zero-order valence-corrected chi connectivity index (χ0v) is 15.8. The van der Waals surface area contributed by atoms with Crippen molar-refractivity contribution in [2.75, 3.05) is 5.32 Å². The van der Waals surface area contributed by atoms with Crippen LogP contribution in [0.4, 0.5) is 5.13 Å². The number of aromatic amines is 1. The number of H-pyrrole nitrogens is 1. The van der Waals surface area contributed by atoms with Crippen molar-refractivity contribution in [3.05, 3.63) is 67.4 Å². The number of nitrogens with zero attached hydrogens (tertiary/aromatic N) is 2. The SMILES string of the molecule is Cc1ccc(-c2csc(NC(=O)Cn3[nH]c(=O)c4ccccc4c3=O)n2)s1. The molecule has 0 fully saturated rings. The minimum absolute atomic E-state index is 0.277. The van der Waals surface area contributed by atoms with Crippen molar-refractivity contribution in [1.29, 1.82) is 0 Å². The number of benzene rings is 1. The van der Waals surface area contributed by atoms with Crippen molar-refractivity contribution in [3.63, 3.8) is 0 Å². The number of hydrogen-bond acceptors (Lipinski definition) is 6. The molecule has 0 saturated heterocycles. The van der Waals surface area contributed by atoms with Gasteiger partial charge < -0.3 is 5.32 Å². The van der Waals surface area contributed by atoms with E-state index in [1.165, 1.54) is 16.2 Å². The molecule has 0 saturated carbocycles. The van der Waals surface area contributed by atoms with E-state index in [4.69, 9.17) is 0 Å². The summed E-state index contributed by atoms with van der Waals surface area (Å²) in [5.41, 5.74) is -0.0403. The Bertz CT molecular complexity index is 1270. The van der Waals surface area contributed by atoms with Crippen LogP contribution in [0.5, 0.6) is 0 Å². The van der Waals surface area contributed by atoms with E-state index in [0.29, 0.717) is 10.5 Å². The Morgan fingerprint density at radius 1 is 1.19 bits per heavy atom. The maximum atomic E-state index is 12.5. The van der Waals surface area contributed by atoms with Crippen LogP contribution < -0.4 is 16.4 Å². The van der Waals surface area contributed by atoms with Crippen molar-refractivity contribution in [3.8, 4) is 10.6 Å². The van der Waals surface area contributed by atoms with Crippen LogP contribution in [0.3, 0.4) is 0 Å². The second kappa shape index (κ2) is 6.93. The maximum absolute atomic E-state index is 12.5. The van der Waals surface area contributed by atoms with E-state index in [9.17, 15) is 14.4 Å². The van der Waals surface area contributed by atoms with Crippen LogP contribution in [-0.4, -0.2) is 20.7 Å². The van der Waals surface area contributed by atoms with E-state index >= 15 is 0 Å². The van der Waals surface area contributed by atoms with Crippen molar-refractivity contribution >= 4 is 44.5 Å². The third-order valence-corrected chi connectivity index (χ3v) is 5.71. The van der Waals surface area contributed by atoms with Gasteiger partial charge in [0.1, 0.15) is 6.54 Å². The summed E-state index contributed by atoms with van der Waals surface area (Å²) in [6, 6.07) is 10.5. The molecule has 0 spiro atoms. The lowest BCUT2D eigenvalue weighted by Gasteiger charge is -2.06.